The van der Waals surface area contributed by atoms with Gasteiger partial charge in [-0.15, -0.1) is 0 Å². The van der Waals surface area contributed by atoms with Gasteiger partial charge in [0.1, 0.15) is 35.9 Å². The highest BCUT2D eigenvalue weighted by atomic mass is 16.7. The Morgan fingerprint density at radius 1 is 1.02 bits per heavy atom. The monoisotopic (exact) mass is 811 g/mol. The number of anilines is 1. The molecule has 0 spiro atoms. The van der Waals surface area contributed by atoms with E-state index in [-0.39, 0.29) is 43.8 Å². The van der Waals surface area contributed by atoms with Crippen LogP contribution in [0.1, 0.15) is 80.2 Å². The van der Waals surface area contributed by atoms with Crippen LogP contribution in [0, 0.1) is 23.7 Å². The van der Waals surface area contributed by atoms with Gasteiger partial charge in [0.15, 0.2) is 6.29 Å². The number of aliphatic hydroxyl groups excluding tert-OH is 2. The summed E-state index contributed by atoms with van der Waals surface area (Å²) in [4.78, 5) is 31.0. The molecular weight excluding hydrogens is 746 g/mol. The van der Waals surface area contributed by atoms with E-state index in [2.05, 4.69) is 22.0 Å². The summed E-state index contributed by atoms with van der Waals surface area (Å²) in [6.07, 6.45) is -2.47. The maximum absolute atomic E-state index is 14.2. The molecule has 0 aromatic carbocycles. The van der Waals surface area contributed by atoms with Crippen molar-refractivity contribution in [2.45, 2.75) is 148 Å². The van der Waals surface area contributed by atoms with Gasteiger partial charge in [-0.25, -0.2) is 4.98 Å². The van der Waals surface area contributed by atoms with Gasteiger partial charge >= 0.3 is 5.97 Å². The molecule has 4 aliphatic heterocycles. The Hall–Kier alpha value is -3.28. The van der Waals surface area contributed by atoms with Crippen molar-refractivity contribution < 1.29 is 48.3 Å². The molecule has 2 aromatic rings. The van der Waals surface area contributed by atoms with Crippen molar-refractivity contribution in [3.8, 4) is 11.4 Å². The molecule has 15 nitrogen and oxygen atoms in total. The number of rotatable bonds is 8. The third-order valence-electron chi connectivity index (χ3n) is 12.9. The summed E-state index contributed by atoms with van der Waals surface area (Å²) in [5, 5.41) is 27.9. The molecule has 322 valence electrons. The van der Waals surface area contributed by atoms with E-state index in [4.69, 9.17) is 39.0 Å². The molecule has 0 amide bonds. The molecule has 4 unspecified atom stereocenters. The number of fused-ring (bicyclic) bond motifs is 5. The number of nitrogen functional groups attached to an aromatic ring is 1. The van der Waals surface area contributed by atoms with Gasteiger partial charge in [-0.1, -0.05) is 45.0 Å². The fourth-order valence-corrected chi connectivity index (χ4v) is 9.61. The number of aliphatic hydroxyl groups is 2. The van der Waals surface area contributed by atoms with Crippen molar-refractivity contribution in [1.29, 1.82) is 0 Å². The van der Waals surface area contributed by atoms with E-state index in [0.717, 1.165) is 5.56 Å². The number of hydrogen-bond acceptors (Lipinski definition) is 15. The van der Waals surface area contributed by atoms with E-state index in [1.807, 2.05) is 84.8 Å². The van der Waals surface area contributed by atoms with Crippen LogP contribution in [0.4, 0.5) is 5.82 Å². The van der Waals surface area contributed by atoms with Crippen molar-refractivity contribution >= 4 is 17.5 Å². The molecule has 15 heteroatoms. The molecule has 0 aliphatic carbocycles. The number of cyclic esters (lactones) is 1. The lowest BCUT2D eigenvalue weighted by molar-refractivity contribution is -0.302. The molecule has 58 heavy (non-hydrogen) atoms. The van der Waals surface area contributed by atoms with Crippen LogP contribution in [0.3, 0.4) is 0 Å². The lowest BCUT2D eigenvalue weighted by atomic mass is 9.75. The number of hydrogen-bond donors (Lipinski definition) is 3. The Kier molecular flexibility index (Phi) is 13.8. The van der Waals surface area contributed by atoms with E-state index in [1.54, 1.807) is 19.2 Å². The Bertz CT molecular complexity index is 1730. The zero-order valence-electron chi connectivity index (χ0n) is 35.7. The van der Waals surface area contributed by atoms with Crippen LogP contribution in [0.15, 0.2) is 41.7 Å². The number of ether oxygens (including phenoxy) is 6. The number of esters is 1. The number of nitrogens with two attached hydrogens (primary N) is 1. The first-order valence-electron chi connectivity index (χ1n) is 20.8. The Morgan fingerprint density at radius 2 is 1.78 bits per heavy atom. The largest absolute Gasteiger partial charge is 0.459 e. The molecule has 4 bridgehead atoms. The third kappa shape index (κ3) is 9.21. The zero-order valence-corrected chi connectivity index (χ0v) is 35.7. The normalized spacial score (nSPS) is 40.8. The van der Waals surface area contributed by atoms with Crippen LogP contribution >= 0.6 is 0 Å². The fraction of sp³-hybridized carbons (Fsp3) is 0.721. The minimum absolute atomic E-state index is 0.00195. The highest BCUT2D eigenvalue weighted by Crippen LogP contribution is 2.47. The van der Waals surface area contributed by atoms with E-state index >= 15 is 0 Å². The van der Waals surface area contributed by atoms with Gasteiger partial charge in [-0.2, -0.15) is 0 Å². The molecule has 2 aromatic heterocycles. The van der Waals surface area contributed by atoms with Crippen LogP contribution in [-0.4, -0.2) is 130 Å². The van der Waals surface area contributed by atoms with Crippen LogP contribution in [0.25, 0.3) is 11.4 Å². The first-order valence-corrected chi connectivity index (χ1v) is 20.8. The fourth-order valence-electron chi connectivity index (χ4n) is 9.61. The predicted octanol–water partition coefficient (Wildman–Crippen LogP) is 4.37. The Labute approximate surface area is 342 Å². The number of pyridine rings is 2. The Balaban J connectivity index is 1.35. The molecule has 4 aliphatic rings. The number of oxime groups is 1. The summed E-state index contributed by atoms with van der Waals surface area (Å²) in [6.45, 7) is 15.7. The molecule has 4 N–H and O–H groups in total. The molecule has 6 heterocycles. The highest BCUT2D eigenvalue weighted by Gasteiger charge is 2.58. The Morgan fingerprint density at radius 3 is 2.45 bits per heavy atom. The number of aromatic nitrogens is 2. The van der Waals surface area contributed by atoms with Crippen molar-refractivity contribution in [2.75, 3.05) is 33.0 Å². The first kappa shape index (κ1) is 44.3. The minimum Gasteiger partial charge on any atom is -0.459 e. The SMILES string of the molecule is CC[C@H]1OC(=O)[C@H](C)[C@H]2OC/C(=N\OCc3ccc(-c4cccc(N)n4)nc3)CO[C@](C)(C[C@@H](C)C3OC1(C)C(O)C3C)[C@H](O[C@@H]1O[C@H](C)C[C@H](N(C)C)[C@H]1O)[C@@H]2C. The van der Waals surface area contributed by atoms with Crippen LogP contribution in [0.2, 0.25) is 0 Å². The minimum atomic E-state index is -1.13. The molecule has 4 fully saturated rings. The van der Waals surface area contributed by atoms with Gasteiger partial charge in [0, 0.05) is 29.6 Å². The van der Waals surface area contributed by atoms with Gasteiger partial charge in [0.05, 0.1) is 66.6 Å². The summed E-state index contributed by atoms with van der Waals surface area (Å²) in [5.74, 6) is -1.79. The predicted molar refractivity (Wildman–Crippen MR) is 216 cm³/mol. The summed E-state index contributed by atoms with van der Waals surface area (Å²) in [6, 6.07) is 8.92. The highest BCUT2D eigenvalue weighted by molar-refractivity contribution is 5.86. The second kappa shape index (κ2) is 18.1. The van der Waals surface area contributed by atoms with Crippen molar-refractivity contribution in [2.24, 2.45) is 28.8 Å². The molecule has 4 saturated heterocycles. The van der Waals surface area contributed by atoms with Gasteiger partial charge in [0.2, 0.25) is 0 Å². The number of likely N-dealkylation sites (N-methyl/N-ethyl adjacent to an activating group) is 1. The average Bonchev–Trinajstić information content (AvgIpc) is 3.44. The average molecular weight is 812 g/mol. The molecular formula is C43H65N5O10. The van der Waals surface area contributed by atoms with Crippen molar-refractivity contribution in [3.05, 3.63) is 42.1 Å². The summed E-state index contributed by atoms with van der Waals surface area (Å²) >= 11 is 0. The molecule has 0 saturated carbocycles. The lowest BCUT2D eigenvalue weighted by Crippen LogP contribution is -2.60. The van der Waals surface area contributed by atoms with E-state index in [0.29, 0.717) is 42.2 Å². The van der Waals surface area contributed by atoms with Crippen molar-refractivity contribution in [3.63, 3.8) is 0 Å². The smallest absolute Gasteiger partial charge is 0.311 e. The lowest BCUT2D eigenvalue weighted by Gasteiger charge is -2.48. The molecule has 0 radical (unpaired) electrons. The summed E-state index contributed by atoms with van der Waals surface area (Å²) < 4.78 is 40.0. The van der Waals surface area contributed by atoms with E-state index in [9.17, 15) is 15.0 Å². The topological polar surface area (TPSA) is 190 Å². The van der Waals surface area contributed by atoms with Gasteiger partial charge < -0.3 is 54.1 Å². The van der Waals surface area contributed by atoms with Crippen LogP contribution < -0.4 is 5.73 Å². The second-order valence-corrected chi connectivity index (χ2v) is 17.7. The van der Waals surface area contributed by atoms with Gasteiger partial charge in [0.25, 0.3) is 0 Å². The van der Waals surface area contributed by atoms with Crippen LogP contribution in [-0.2, 0) is 44.7 Å². The summed E-state index contributed by atoms with van der Waals surface area (Å²) in [7, 11) is 3.86. The quantitative estimate of drug-likeness (QED) is 0.252. The van der Waals surface area contributed by atoms with Gasteiger partial charge in [-0.05, 0) is 85.2 Å². The first-order chi connectivity index (χ1) is 27.4. The second-order valence-electron chi connectivity index (χ2n) is 17.7. The standard InChI is InChI=1S/C43H65N5O10/c1-11-33-43(8)38(50)25(4)36(58-43)23(2)18-42(7)39(57-41-35(49)32(48(9)10)17-24(3)55-41)26(5)37(27(6)40(51)56-33)52-21-29(22-53-42)47-54-20-28-15-16-30(45-19-28)31-13-12-14-34(44)46-31/h12-16,19,23-27,32-33,35-39,41,49-50H,11,17-18,20-22H2,1-10H3,(H2,44,46)/b47-29+/t23-,24-,25?,26-,27-,32+,33-,35-,36?,37+,38?,39-,41+,42-,43?/m1/s1. The maximum atomic E-state index is 14.2. The van der Waals surface area contributed by atoms with E-state index in [1.165, 1.54) is 0 Å². The number of carbonyl (C=O) groups is 1. The van der Waals surface area contributed by atoms with Gasteiger partial charge in [-0.3, -0.25) is 9.78 Å². The number of carbonyl (C=O) groups excluding carboxylic acids is 1. The zero-order chi connectivity index (χ0) is 42.1. The maximum Gasteiger partial charge on any atom is 0.311 e. The molecule has 15 atom stereocenters. The molecule has 6 rings (SSSR count). The number of nitrogens with zero attached hydrogens (tertiary/aromatic N) is 4. The van der Waals surface area contributed by atoms with E-state index < -0.39 is 71.9 Å². The van der Waals surface area contributed by atoms with Crippen molar-refractivity contribution in [1.82, 2.24) is 14.9 Å². The summed E-state index contributed by atoms with van der Waals surface area (Å²) in [5.41, 5.74) is 6.26. The third-order valence-corrected chi connectivity index (χ3v) is 12.9. The van der Waals surface area contributed by atoms with Crippen LogP contribution in [0.5, 0.6) is 0 Å².